The van der Waals surface area contributed by atoms with Crippen LogP contribution in [0.3, 0.4) is 0 Å². The molecule has 20 heavy (non-hydrogen) atoms. The van der Waals surface area contributed by atoms with Crippen molar-refractivity contribution in [3.63, 3.8) is 0 Å². The molecule has 1 atom stereocenters. The van der Waals surface area contributed by atoms with Crippen LogP contribution in [0.15, 0.2) is 24.3 Å². The van der Waals surface area contributed by atoms with Gasteiger partial charge in [0, 0.05) is 12.1 Å². The van der Waals surface area contributed by atoms with E-state index in [9.17, 15) is 4.79 Å². The zero-order valence-electron chi connectivity index (χ0n) is 12.5. The fraction of sp³-hybridized carbons (Fsp3) is 0.562. The van der Waals surface area contributed by atoms with Crippen molar-refractivity contribution in [2.24, 2.45) is 0 Å². The Hall–Kier alpha value is -1.39. The standard InChI is InChI=1S/C16H24N2O2/c1-16(2,3)18-15(19)11-17-10-14-13-7-5-4-6-12(13)8-9-20-14/h4-7,14,17H,8-11H2,1-3H3,(H,18,19). The monoisotopic (exact) mass is 276 g/mol. The lowest BCUT2D eigenvalue weighted by molar-refractivity contribution is -0.121. The maximum Gasteiger partial charge on any atom is 0.234 e. The minimum atomic E-state index is -0.188. The van der Waals surface area contributed by atoms with Crippen molar-refractivity contribution in [1.29, 1.82) is 0 Å². The van der Waals surface area contributed by atoms with Gasteiger partial charge in [-0.2, -0.15) is 0 Å². The van der Waals surface area contributed by atoms with Crippen LogP contribution in [0.2, 0.25) is 0 Å². The third kappa shape index (κ3) is 4.32. The SMILES string of the molecule is CC(C)(C)NC(=O)CNCC1OCCc2ccccc21. The van der Waals surface area contributed by atoms with Crippen LogP contribution in [-0.2, 0) is 16.0 Å². The van der Waals surface area contributed by atoms with E-state index in [4.69, 9.17) is 4.74 Å². The molecule has 0 spiro atoms. The highest BCUT2D eigenvalue weighted by molar-refractivity contribution is 5.78. The Bertz CT molecular complexity index is 466. The predicted molar refractivity (Wildman–Crippen MR) is 79.6 cm³/mol. The average molecular weight is 276 g/mol. The van der Waals surface area contributed by atoms with Gasteiger partial charge in [0.2, 0.25) is 5.91 Å². The summed E-state index contributed by atoms with van der Waals surface area (Å²) in [6, 6.07) is 8.35. The summed E-state index contributed by atoms with van der Waals surface area (Å²) < 4.78 is 5.79. The first kappa shape index (κ1) is 15.0. The van der Waals surface area contributed by atoms with Crippen LogP contribution < -0.4 is 10.6 Å². The first-order valence-corrected chi connectivity index (χ1v) is 7.17. The quantitative estimate of drug-likeness (QED) is 0.882. The topological polar surface area (TPSA) is 50.4 Å². The molecule has 1 aromatic rings. The molecule has 0 aromatic heterocycles. The molecule has 1 amide bonds. The minimum Gasteiger partial charge on any atom is -0.372 e. The number of hydrogen-bond acceptors (Lipinski definition) is 3. The second-order valence-corrected chi connectivity index (χ2v) is 6.24. The molecule has 2 N–H and O–H groups in total. The highest BCUT2D eigenvalue weighted by Gasteiger charge is 2.20. The summed E-state index contributed by atoms with van der Waals surface area (Å²) >= 11 is 0. The maximum absolute atomic E-state index is 11.7. The smallest absolute Gasteiger partial charge is 0.234 e. The molecule has 1 aromatic carbocycles. The van der Waals surface area contributed by atoms with Crippen molar-refractivity contribution < 1.29 is 9.53 Å². The van der Waals surface area contributed by atoms with Crippen molar-refractivity contribution in [3.8, 4) is 0 Å². The lowest BCUT2D eigenvalue weighted by Gasteiger charge is -2.26. The molecule has 0 bridgehead atoms. The van der Waals surface area contributed by atoms with E-state index in [1.165, 1.54) is 11.1 Å². The average Bonchev–Trinajstić information content (AvgIpc) is 2.37. The number of carbonyl (C=O) groups is 1. The normalized spacial score (nSPS) is 18.4. The van der Waals surface area contributed by atoms with Crippen molar-refractivity contribution in [3.05, 3.63) is 35.4 Å². The van der Waals surface area contributed by atoms with E-state index in [1.807, 2.05) is 26.8 Å². The van der Waals surface area contributed by atoms with Crippen LogP contribution >= 0.6 is 0 Å². The van der Waals surface area contributed by atoms with Gasteiger partial charge < -0.3 is 15.4 Å². The Morgan fingerprint density at radius 1 is 1.35 bits per heavy atom. The van der Waals surface area contributed by atoms with Crippen LogP contribution in [0, 0.1) is 0 Å². The molecule has 1 aliphatic heterocycles. The van der Waals surface area contributed by atoms with Gasteiger partial charge in [0.1, 0.15) is 0 Å². The summed E-state index contributed by atoms with van der Waals surface area (Å²) in [7, 11) is 0. The molecule has 2 rings (SSSR count). The molecule has 0 saturated heterocycles. The van der Waals surface area contributed by atoms with Crippen LogP contribution in [0.25, 0.3) is 0 Å². The maximum atomic E-state index is 11.7. The highest BCUT2D eigenvalue weighted by atomic mass is 16.5. The van der Waals surface area contributed by atoms with Crippen molar-refractivity contribution in [1.82, 2.24) is 10.6 Å². The Labute approximate surface area is 120 Å². The number of benzene rings is 1. The molecule has 4 nitrogen and oxygen atoms in total. The van der Waals surface area contributed by atoms with Crippen LogP contribution in [0.1, 0.15) is 38.0 Å². The minimum absolute atomic E-state index is 0.0154. The lowest BCUT2D eigenvalue weighted by atomic mass is 9.97. The third-order valence-corrected chi connectivity index (χ3v) is 3.22. The zero-order chi connectivity index (χ0) is 14.6. The van der Waals surface area contributed by atoms with E-state index < -0.39 is 0 Å². The summed E-state index contributed by atoms with van der Waals surface area (Å²) in [5.74, 6) is 0.0154. The fourth-order valence-electron chi connectivity index (χ4n) is 2.43. The van der Waals surface area contributed by atoms with Crippen LogP contribution in [0.4, 0.5) is 0 Å². The molecule has 1 aliphatic rings. The Morgan fingerprint density at radius 2 is 2.10 bits per heavy atom. The zero-order valence-corrected chi connectivity index (χ0v) is 12.5. The summed E-state index contributed by atoms with van der Waals surface area (Å²) in [6.45, 7) is 7.66. The second kappa shape index (κ2) is 6.37. The Balaban J connectivity index is 1.82. The van der Waals surface area contributed by atoms with Gasteiger partial charge in [-0.1, -0.05) is 24.3 Å². The van der Waals surface area contributed by atoms with Gasteiger partial charge in [-0.3, -0.25) is 4.79 Å². The molecule has 0 saturated carbocycles. The van der Waals surface area contributed by atoms with E-state index in [1.54, 1.807) is 0 Å². The van der Waals surface area contributed by atoms with E-state index in [0.29, 0.717) is 13.1 Å². The Kier molecular flexibility index (Phi) is 4.78. The first-order chi connectivity index (χ1) is 9.46. The largest absolute Gasteiger partial charge is 0.372 e. The summed E-state index contributed by atoms with van der Waals surface area (Å²) in [5, 5.41) is 6.12. The molecule has 1 unspecified atom stereocenters. The molecule has 0 radical (unpaired) electrons. The highest BCUT2D eigenvalue weighted by Crippen LogP contribution is 2.25. The van der Waals surface area contributed by atoms with Gasteiger partial charge in [0.25, 0.3) is 0 Å². The molecule has 4 heteroatoms. The number of ether oxygens (including phenoxy) is 1. The molecule has 110 valence electrons. The third-order valence-electron chi connectivity index (χ3n) is 3.22. The van der Waals surface area contributed by atoms with Gasteiger partial charge in [0.05, 0.1) is 19.3 Å². The molecular weight excluding hydrogens is 252 g/mol. The molecule has 0 fully saturated rings. The van der Waals surface area contributed by atoms with E-state index in [-0.39, 0.29) is 17.6 Å². The van der Waals surface area contributed by atoms with Crippen LogP contribution in [0.5, 0.6) is 0 Å². The van der Waals surface area contributed by atoms with E-state index in [2.05, 4.69) is 28.8 Å². The molecule has 1 heterocycles. The number of amides is 1. The number of carbonyl (C=O) groups excluding carboxylic acids is 1. The van der Waals surface area contributed by atoms with Gasteiger partial charge in [0.15, 0.2) is 0 Å². The number of rotatable bonds is 4. The number of nitrogens with one attached hydrogen (secondary N) is 2. The van der Waals surface area contributed by atoms with Gasteiger partial charge in [-0.05, 0) is 38.3 Å². The fourth-order valence-corrected chi connectivity index (χ4v) is 2.43. The predicted octanol–water partition coefficient (Wildman–Crippen LogP) is 1.80. The van der Waals surface area contributed by atoms with Crippen molar-refractivity contribution in [2.75, 3.05) is 19.7 Å². The van der Waals surface area contributed by atoms with Crippen molar-refractivity contribution >= 4 is 5.91 Å². The number of fused-ring (bicyclic) bond motifs is 1. The van der Waals surface area contributed by atoms with Gasteiger partial charge in [-0.15, -0.1) is 0 Å². The number of hydrogen-bond donors (Lipinski definition) is 2. The van der Waals surface area contributed by atoms with Gasteiger partial charge in [-0.25, -0.2) is 0 Å². The summed E-state index contributed by atoms with van der Waals surface area (Å²) in [6.07, 6.45) is 1.01. The molecular formula is C16H24N2O2. The lowest BCUT2D eigenvalue weighted by Crippen LogP contribution is -2.45. The Morgan fingerprint density at radius 3 is 2.85 bits per heavy atom. The molecule has 0 aliphatic carbocycles. The summed E-state index contributed by atoms with van der Waals surface area (Å²) in [5.41, 5.74) is 2.40. The van der Waals surface area contributed by atoms with Crippen LogP contribution in [-0.4, -0.2) is 31.1 Å². The van der Waals surface area contributed by atoms with Gasteiger partial charge >= 0.3 is 0 Å². The van der Waals surface area contributed by atoms with E-state index >= 15 is 0 Å². The first-order valence-electron chi connectivity index (χ1n) is 7.17. The summed E-state index contributed by atoms with van der Waals surface area (Å²) in [4.78, 5) is 11.7. The second-order valence-electron chi connectivity index (χ2n) is 6.24. The van der Waals surface area contributed by atoms with E-state index in [0.717, 1.165) is 13.0 Å². The van der Waals surface area contributed by atoms with Crippen molar-refractivity contribution in [2.45, 2.75) is 38.8 Å².